The van der Waals surface area contributed by atoms with E-state index >= 15 is 0 Å². The number of benzene rings is 2. The summed E-state index contributed by atoms with van der Waals surface area (Å²) in [4.78, 5) is 12.9. The summed E-state index contributed by atoms with van der Waals surface area (Å²) in [6.07, 6.45) is 5.20. The molecule has 0 radical (unpaired) electrons. The van der Waals surface area contributed by atoms with Gasteiger partial charge in [0.25, 0.3) is 5.91 Å². The van der Waals surface area contributed by atoms with Crippen LogP contribution in [-0.2, 0) is 19.5 Å². The van der Waals surface area contributed by atoms with Gasteiger partial charge in [0.15, 0.2) is 0 Å². The highest BCUT2D eigenvalue weighted by molar-refractivity contribution is 5.95. The normalized spacial score (nSPS) is 13.3. The summed E-state index contributed by atoms with van der Waals surface area (Å²) in [7, 11) is 0. The fraction of sp³-hybridized carbons (Fsp3) is 0.320. The van der Waals surface area contributed by atoms with Gasteiger partial charge in [-0.25, -0.2) is 0 Å². The molecular formula is C25H28N4O. The van der Waals surface area contributed by atoms with Crippen LogP contribution in [0, 0.1) is 19.8 Å². The summed E-state index contributed by atoms with van der Waals surface area (Å²) in [5.74, 6) is 0.634. The molecule has 30 heavy (non-hydrogen) atoms. The molecule has 1 aliphatic carbocycles. The molecule has 0 bridgehead atoms. The van der Waals surface area contributed by atoms with Crippen molar-refractivity contribution in [2.75, 3.05) is 0 Å². The first-order valence-electron chi connectivity index (χ1n) is 10.5. The predicted molar refractivity (Wildman–Crippen MR) is 119 cm³/mol. The highest BCUT2D eigenvalue weighted by Crippen LogP contribution is 2.35. The Morgan fingerprint density at radius 2 is 1.90 bits per heavy atom. The van der Waals surface area contributed by atoms with E-state index in [-0.39, 0.29) is 5.91 Å². The van der Waals surface area contributed by atoms with Crippen LogP contribution < -0.4 is 11.1 Å². The number of carbonyl (C=O) groups excluding carboxylic acids is 1. The number of hydrogen-bond donors (Lipinski definition) is 2. The van der Waals surface area contributed by atoms with Gasteiger partial charge in [-0.15, -0.1) is 0 Å². The van der Waals surface area contributed by atoms with Crippen molar-refractivity contribution in [1.82, 2.24) is 15.5 Å². The Labute approximate surface area is 177 Å². The van der Waals surface area contributed by atoms with Crippen molar-refractivity contribution in [3.8, 4) is 11.1 Å². The van der Waals surface area contributed by atoms with E-state index in [4.69, 9.17) is 5.73 Å². The lowest BCUT2D eigenvalue weighted by atomic mass is 9.97. The summed E-state index contributed by atoms with van der Waals surface area (Å²) in [5, 5.41) is 11.5. The number of nitrogens with two attached hydrogens (primary N) is 1. The first-order chi connectivity index (χ1) is 14.5. The minimum absolute atomic E-state index is 0.0878. The molecule has 5 nitrogen and oxygen atoms in total. The average molecular weight is 401 g/mol. The van der Waals surface area contributed by atoms with Crippen LogP contribution in [0.4, 0.5) is 0 Å². The second-order valence-electron chi connectivity index (χ2n) is 8.29. The van der Waals surface area contributed by atoms with Gasteiger partial charge < -0.3 is 11.1 Å². The molecule has 1 saturated carbocycles. The smallest absolute Gasteiger partial charge is 0.251 e. The topological polar surface area (TPSA) is 80.9 Å². The van der Waals surface area contributed by atoms with Crippen LogP contribution in [0.2, 0.25) is 0 Å². The molecule has 1 aliphatic rings. The first kappa shape index (κ1) is 20.2. The van der Waals surface area contributed by atoms with Crippen molar-refractivity contribution in [1.29, 1.82) is 0 Å². The predicted octanol–water partition coefficient (Wildman–Crippen LogP) is 4.10. The molecule has 1 amide bonds. The van der Waals surface area contributed by atoms with E-state index in [1.165, 1.54) is 12.8 Å². The monoisotopic (exact) mass is 400 g/mol. The van der Waals surface area contributed by atoms with Crippen LogP contribution >= 0.6 is 0 Å². The zero-order valence-corrected chi connectivity index (χ0v) is 17.6. The van der Waals surface area contributed by atoms with Crippen LogP contribution in [0.15, 0.2) is 48.7 Å². The molecule has 0 unspecified atom stereocenters. The van der Waals surface area contributed by atoms with Crippen molar-refractivity contribution in [2.45, 2.75) is 46.2 Å². The Kier molecular flexibility index (Phi) is 5.91. The lowest BCUT2D eigenvalue weighted by Crippen LogP contribution is -2.24. The third-order valence-electron chi connectivity index (χ3n) is 5.65. The summed E-state index contributed by atoms with van der Waals surface area (Å²) in [6, 6.07) is 14.1. The molecular weight excluding hydrogens is 372 g/mol. The molecule has 0 aliphatic heterocycles. The molecule has 3 N–H and O–H groups in total. The zero-order valence-electron chi connectivity index (χ0n) is 17.6. The van der Waals surface area contributed by atoms with E-state index in [1.807, 2.05) is 44.2 Å². The molecule has 2 aromatic carbocycles. The highest BCUT2D eigenvalue weighted by Gasteiger charge is 2.24. The number of carbonyl (C=O) groups is 1. The van der Waals surface area contributed by atoms with E-state index in [0.29, 0.717) is 18.7 Å². The van der Waals surface area contributed by atoms with Gasteiger partial charge >= 0.3 is 0 Å². The van der Waals surface area contributed by atoms with Gasteiger partial charge in [-0.1, -0.05) is 29.8 Å². The molecule has 1 fully saturated rings. The Morgan fingerprint density at radius 1 is 1.07 bits per heavy atom. The van der Waals surface area contributed by atoms with Crippen molar-refractivity contribution < 1.29 is 4.79 Å². The molecule has 0 atom stereocenters. The van der Waals surface area contributed by atoms with Gasteiger partial charge in [-0.2, -0.15) is 10.2 Å². The van der Waals surface area contributed by atoms with Gasteiger partial charge in [0.05, 0.1) is 11.9 Å². The summed E-state index contributed by atoms with van der Waals surface area (Å²) >= 11 is 0. The molecule has 1 heterocycles. The maximum atomic E-state index is 12.9. The van der Waals surface area contributed by atoms with E-state index < -0.39 is 0 Å². The van der Waals surface area contributed by atoms with Crippen molar-refractivity contribution >= 4 is 5.91 Å². The standard InChI is InChI=1S/C25H28N4O/c1-16-3-6-19(14-26)22(9-16)15-27-25(30)21-11-17(2)10-20(13-21)23-7-8-28-29-24(23)12-18-4-5-18/h3,6-11,13,18H,4-5,12,14-15,26H2,1-2H3,(H,27,30). The van der Waals surface area contributed by atoms with Crippen LogP contribution in [-0.4, -0.2) is 16.1 Å². The second kappa shape index (κ2) is 8.76. The van der Waals surface area contributed by atoms with Gasteiger partial charge in [0, 0.05) is 24.2 Å². The van der Waals surface area contributed by atoms with E-state index in [1.54, 1.807) is 6.20 Å². The number of nitrogens with one attached hydrogen (secondary N) is 1. The Hall–Kier alpha value is -3.05. The fourth-order valence-corrected chi connectivity index (χ4v) is 3.84. The number of rotatable bonds is 7. The average Bonchev–Trinajstić information content (AvgIpc) is 3.56. The lowest BCUT2D eigenvalue weighted by molar-refractivity contribution is 0.0950. The molecule has 3 aromatic rings. The minimum atomic E-state index is -0.0878. The Bertz CT molecular complexity index is 1070. The van der Waals surface area contributed by atoms with Gasteiger partial charge in [-0.05, 0) is 79.5 Å². The third kappa shape index (κ3) is 4.74. The van der Waals surface area contributed by atoms with Crippen molar-refractivity contribution in [3.63, 3.8) is 0 Å². The van der Waals surface area contributed by atoms with E-state index in [9.17, 15) is 4.79 Å². The molecule has 154 valence electrons. The number of hydrogen-bond acceptors (Lipinski definition) is 4. The SMILES string of the molecule is Cc1cc(C(=O)NCc2cc(C)ccc2CN)cc(-c2ccnnc2CC2CC2)c1. The van der Waals surface area contributed by atoms with Crippen molar-refractivity contribution in [3.05, 3.63) is 82.2 Å². The minimum Gasteiger partial charge on any atom is -0.348 e. The number of nitrogens with zero attached hydrogens (tertiary/aromatic N) is 2. The molecule has 0 saturated heterocycles. The second-order valence-corrected chi connectivity index (χ2v) is 8.29. The summed E-state index contributed by atoms with van der Waals surface area (Å²) in [5.41, 5.74) is 13.9. The van der Waals surface area contributed by atoms with E-state index in [2.05, 4.69) is 27.6 Å². The van der Waals surface area contributed by atoms with Crippen LogP contribution in [0.25, 0.3) is 11.1 Å². The molecule has 5 heteroatoms. The largest absolute Gasteiger partial charge is 0.348 e. The molecule has 0 spiro atoms. The number of aryl methyl sites for hydroxylation is 2. The van der Waals surface area contributed by atoms with Gasteiger partial charge in [0.1, 0.15) is 0 Å². The Morgan fingerprint density at radius 3 is 2.67 bits per heavy atom. The quantitative estimate of drug-likeness (QED) is 0.626. The van der Waals surface area contributed by atoms with Crippen LogP contribution in [0.3, 0.4) is 0 Å². The highest BCUT2D eigenvalue weighted by atomic mass is 16.1. The van der Waals surface area contributed by atoms with Crippen LogP contribution in [0.1, 0.15) is 51.1 Å². The number of amides is 1. The summed E-state index contributed by atoms with van der Waals surface area (Å²) in [6.45, 7) is 4.97. The lowest BCUT2D eigenvalue weighted by Gasteiger charge is -2.13. The van der Waals surface area contributed by atoms with Crippen molar-refractivity contribution in [2.24, 2.45) is 11.7 Å². The first-order valence-corrected chi connectivity index (χ1v) is 10.5. The van der Waals surface area contributed by atoms with E-state index in [0.717, 1.165) is 51.4 Å². The van der Waals surface area contributed by atoms with Crippen LogP contribution in [0.5, 0.6) is 0 Å². The third-order valence-corrected chi connectivity index (χ3v) is 5.65. The molecule has 1 aromatic heterocycles. The van der Waals surface area contributed by atoms with Gasteiger partial charge in [-0.3, -0.25) is 4.79 Å². The fourth-order valence-electron chi connectivity index (χ4n) is 3.84. The Balaban J connectivity index is 1.56. The summed E-state index contributed by atoms with van der Waals surface area (Å²) < 4.78 is 0. The maximum Gasteiger partial charge on any atom is 0.251 e. The maximum absolute atomic E-state index is 12.9. The number of aromatic nitrogens is 2. The van der Waals surface area contributed by atoms with Gasteiger partial charge in [0.2, 0.25) is 0 Å². The molecule has 4 rings (SSSR count). The zero-order chi connectivity index (χ0) is 21.1.